The van der Waals surface area contributed by atoms with Crippen LogP contribution >= 0.6 is 0 Å². The zero-order valence-corrected chi connectivity index (χ0v) is 12.0. The molecule has 0 heterocycles. The number of allylic oxidation sites excluding steroid dienone is 10. The maximum absolute atomic E-state index is 2.29. The molecule has 0 heteroatoms. The lowest BCUT2D eigenvalue weighted by Gasteiger charge is -2.04. The first-order valence-corrected chi connectivity index (χ1v) is 6.65. The minimum absolute atomic E-state index is 1.03. The number of rotatable bonds is 3. The molecule has 0 saturated carbocycles. The van der Waals surface area contributed by atoms with E-state index in [2.05, 4.69) is 63.3 Å². The van der Waals surface area contributed by atoms with Gasteiger partial charge in [-0.1, -0.05) is 68.9 Å². The van der Waals surface area contributed by atoms with E-state index in [0.717, 1.165) is 12.8 Å². The van der Waals surface area contributed by atoms with E-state index in [0.29, 0.717) is 0 Å². The fourth-order valence-electron chi connectivity index (χ4n) is 1.65. The van der Waals surface area contributed by atoms with E-state index in [4.69, 9.17) is 0 Å². The van der Waals surface area contributed by atoms with Crippen LogP contribution in [0.25, 0.3) is 0 Å². The third kappa shape index (κ3) is 6.11. The van der Waals surface area contributed by atoms with Gasteiger partial charge >= 0.3 is 0 Å². The van der Waals surface area contributed by atoms with Crippen molar-refractivity contribution in [2.75, 3.05) is 0 Å². The van der Waals surface area contributed by atoms with Crippen LogP contribution < -0.4 is 0 Å². The first kappa shape index (κ1) is 15.7. The lowest BCUT2D eigenvalue weighted by atomic mass is 10.0. The van der Waals surface area contributed by atoms with Gasteiger partial charge in [0, 0.05) is 0 Å². The van der Waals surface area contributed by atoms with Crippen molar-refractivity contribution in [3.8, 4) is 0 Å². The Labute approximate surface area is 107 Å². The van der Waals surface area contributed by atoms with Crippen LogP contribution in [0.3, 0.4) is 0 Å². The second-order valence-corrected chi connectivity index (χ2v) is 3.78. The van der Waals surface area contributed by atoms with Gasteiger partial charge in [0.2, 0.25) is 0 Å². The maximum Gasteiger partial charge on any atom is -0.00884 e. The van der Waals surface area contributed by atoms with Crippen LogP contribution in [0.1, 0.15) is 47.5 Å². The summed E-state index contributed by atoms with van der Waals surface area (Å²) >= 11 is 0. The van der Waals surface area contributed by atoms with E-state index in [1.165, 1.54) is 16.7 Å². The van der Waals surface area contributed by atoms with Gasteiger partial charge in [0.05, 0.1) is 0 Å². The summed E-state index contributed by atoms with van der Waals surface area (Å²) in [6.45, 7) is 10.4. The van der Waals surface area contributed by atoms with E-state index >= 15 is 0 Å². The molecule has 0 saturated heterocycles. The second kappa shape index (κ2) is 9.89. The molecule has 0 atom stereocenters. The largest absolute Gasteiger partial charge is 0.0871 e. The van der Waals surface area contributed by atoms with Gasteiger partial charge in [-0.15, -0.1) is 0 Å². The first-order chi connectivity index (χ1) is 8.27. The quantitative estimate of drug-likeness (QED) is 0.541. The van der Waals surface area contributed by atoms with E-state index < -0.39 is 0 Å². The standard InChI is InChI=1S/C15H20.C2H6/c1-4-7-14(8-5-2)15-10-6-9-13(3)11-12-15;1-2/h4,6-9,11-12H,5,10H2,1-3H3;1-2H3/b7-4-,14-8+;. The van der Waals surface area contributed by atoms with Gasteiger partial charge in [-0.2, -0.15) is 0 Å². The fourth-order valence-corrected chi connectivity index (χ4v) is 1.65. The van der Waals surface area contributed by atoms with E-state index in [9.17, 15) is 0 Å². The molecule has 0 spiro atoms. The summed E-state index contributed by atoms with van der Waals surface area (Å²) in [5.74, 6) is 0. The maximum atomic E-state index is 2.29. The molecular formula is C17H26. The topological polar surface area (TPSA) is 0 Å². The molecule has 0 unspecified atom stereocenters. The number of hydrogen-bond acceptors (Lipinski definition) is 0. The van der Waals surface area contributed by atoms with Crippen molar-refractivity contribution in [2.45, 2.75) is 47.5 Å². The Hall–Kier alpha value is -1.30. The summed E-state index contributed by atoms with van der Waals surface area (Å²) in [5.41, 5.74) is 4.08. The van der Waals surface area contributed by atoms with Gasteiger partial charge in [-0.3, -0.25) is 0 Å². The molecule has 0 nitrogen and oxygen atoms in total. The molecule has 0 bridgehead atoms. The molecule has 17 heavy (non-hydrogen) atoms. The summed E-state index contributed by atoms with van der Waals surface area (Å²) < 4.78 is 0. The average molecular weight is 230 g/mol. The van der Waals surface area contributed by atoms with Crippen LogP contribution in [0.2, 0.25) is 0 Å². The monoisotopic (exact) mass is 230 g/mol. The predicted octanol–water partition coefficient (Wildman–Crippen LogP) is 5.76. The van der Waals surface area contributed by atoms with Crippen molar-refractivity contribution < 1.29 is 0 Å². The highest BCUT2D eigenvalue weighted by atomic mass is 14.1. The number of hydrogen-bond donors (Lipinski definition) is 0. The second-order valence-electron chi connectivity index (χ2n) is 3.78. The molecule has 94 valence electrons. The highest BCUT2D eigenvalue weighted by Crippen LogP contribution is 2.20. The van der Waals surface area contributed by atoms with Crippen molar-refractivity contribution in [3.05, 3.63) is 59.3 Å². The molecule has 0 radical (unpaired) electrons. The minimum Gasteiger partial charge on any atom is -0.0871 e. The summed E-state index contributed by atoms with van der Waals surface area (Å²) in [6.07, 6.45) is 17.5. The minimum atomic E-state index is 1.03. The van der Waals surface area contributed by atoms with Gasteiger partial charge in [-0.05, 0) is 37.8 Å². The molecule has 1 rings (SSSR count). The Balaban J connectivity index is 0.00000121. The third-order valence-electron chi connectivity index (χ3n) is 2.41. The van der Waals surface area contributed by atoms with Gasteiger partial charge in [0.1, 0.15) is 0 Å². The summed E-state index contributed by atoms with van der Waals surface area (Å²) in [7, 11) is 0. The van der Waals surface area contributed by atoms with Crippen LogP contribution in [0.15, 0.2) is 59.3 Å². The Morgan fingerprint density at radius 2 is 2.00 bits per heavy atom. The molecular weight excluding hydrogens is 204 g/mol. The Morgan fingerprint density at radius 1 is 1.29 bits per heavy atom. The lowest BCUT2D eigenvalue weighted by molar-refractivity contribution is 1.17. The molecule has 0 aromatic heterocycles. The zero-order chi connectivity index (χ0) is 13.1. The molecule has 0 N–H and O–H groups in total. The summed E-state index contributed by atoms with van der Waals surface area (Å²) in [4.78, 5) is 0. The van der Waals surface area contributed by atoms with E-state index in [1.54, 1.807) is 0 Å². The Bertz CT molecular complexity index is 346. The third-order valence-corrected chi connectivity index (χ3v) is 2.41. The van der Waals surface area contributed by atoms with Gasteiger partial charge in [-0.25, -0.2) is 0 Å². The van der Waals surface area contributed by atoms with Crippen LogP contribution in [-0.4, -0.2) is 0 Å². The van der Waals surface area contributed by atoms with Crippen LogP contribution in [0, 0.1) is 0 Å². The van der Waals surface area contributed by atoms with Crippen molar-refractivity contribution in [1.29, 1.82) is 0 Å². The smallest absolute Gasteiger partial charge is 0.00884 e. The first-order valence-electron chi connectivity index (χ1n) is 6.65. The van der Waals surface area contributed by atoms with Crippen molar-refractivity contribution in [3.63, 3.8) is 0 Å². The molecule has 0 fully saturated rings. The highest BCUT2D eigenvalue weighted by Gasteiger charge is 2.01. The molecule has 0 amide bonds. The van der Waals surface area contributed by atoms with E-state index in [-0.39, 0.29) is 0 Å². The predicted molar refractivity (Wildman–Crippen MR) is 80.1 cm³/mol. The normalized spacial score (nSPS) is 15.9. The average Bonchev–Trinajstić information content (AvgIpc) is 2.56. The Kier molecular flexibility index (Phi) is 9.14. The van der Waals surface area contributed by atoms with Crippen LogP contribution in [0.4, 0.5) is 0 Å². The molecule has 1 aliphatic carbocycles. The lowest BCUT2D eigenvalue weighted by Crippen LogP contribution is -1.85. The zero-order valence-electron chi connectivity index (χ0n) is 12.0. The summed E-state index contributed by atoms with van der Waals surface area (Å²) in [5, 5.41) is 0. The molecule has 0 aromatic carbocycles. The van der Waals surface area contributed by atoms with Gasteiger partial charge < -0.3 is 0 Å². The summed E-state index contributed by atoms with van der Waals surface area (Å²) in [6, 6.07) is 0. The Morgan fingerprint density at radius 3 is 2.59 bits per heavy atom. The van der Waals surface area contributed by atoms with Gasteiger partial charge in [0.25, 0.3) is 0 Å². The van der Waals surface area contributed by atoms with Crippen LogP contribution in [0.5, 0.6) is 0 Å². The molecule has 0 aliphatic heterocycles. The van der Waals surface area contributed by atoms with Crippen molar-refractivity contribution in [2.24, 2.45) is 0 Å². The van der Waals surface area contributed by atoms with Gasteiger partial charge in [0.15, 0.2) is 0 Å². The van der Waals surface area contributed by atoms with E-state index in [1.807, 2.05) is 13.8 Å². The van der Waals surface area contributed by atoms with Crippen molar-refractivity contribution >= 4 is 0 Å². The SMILES string of the molecule is C/C=C\C(=C/CC)C1=CC=C(C)C=CC1.CC. The molecule has 1 aliphatic rings. The highest BCUT2D eigenvalue weighted by molar-refractivity contribution is 5.45. The van der Waals surface area contributed by atoms with Crippen LogP contribution in [-0.2, 0) is 0 Å². The fraction of sp³-hybridized carbons (Fsp3) is 0.412. The van der Waals surface area contributed by atoms with Crippen molar-refractivity contribution in [1.82, 2.24) is 0 Å². The molecule has 0 aromatic rings.